The Kier molecular flexibility index (Phi) is 13.1. The smallest absolute Gasteiger partial charge is 0.245 e. The molecule has 0 aliphatic carbocycles. The van der Waals surface area contributed by atoms with Crippen molar-refractivity contribution in [3.63, 3.8) is 0 Å². The molecule has 2 fully saturated rings. The molecule has 0 radical (unpaired) electrons. The molecule has 6 aromatic rings. The summed E-state index contributed by atoms with van der Waals surface area (Å²) in [6, 6.07) is 33.8. The maximum absolute atomic E-state index is 15.1. The zero-order valence-electron chi connectivity index (χ0n) is 35.9. The minimum absolute atomic E-state index is 0.0334. The van der Waals surface area contributed by atoms with E-state index in [2.05, 4.69) is 54.0 Å². The number of hydrogen-bond acceptors (Lipinski definition) is 6. The van der Waals surface area contributed by atoms with Crippen molar-refractivity contribution in [1.29, 1.82) is 0 Å². The molecule has 4 aromatic carbocycles. The van der Waals surface area contributed by atoms with Gasteiger partial charge in [0.05, 0.1) is 49.0 Å². The van der Waals surface area contributed by atoms with Gasteiger partial charge in [-0.15, -0.1) is 0 Å². The standard InChI is InChI=1S/C50H56F2N8O2/c1-5-57(6-2)45(37-15-11-9-12-16-37)49(61)59-31-39(51)27-43(59)47-53-29-41(55-47)35-23-19-33(20-24-35)34-21-25-36(26-22-34)42-30-54-48(56-42)44-28-40(52)32-60(44)50(62)46(58(7-3)8-4)38-17-13-10-14-18-38/h9-26,29-30,39-40,43-46H,5-8,27-28,31-32H2,1-4H3,(H,53,55)(H,54,56)/t39-,40-,43+,44+,45-,46-/m1/s1. The van der Waals surface area contributed by atoms with Crippen molar-refractivity contribution in [3.05, 3.63) is 144 Å². The Bertz CT molecular complexity index is 2230. The number of aromatic nitrogens is 4. The van der Waals surface area contributed by atoms with Crippen LogP contribution >= 0.6 is 0 Å². The van der Waals surface area contributed by atoms with Crippen LogP contribution in [-0.2, 0) is 9.59 Å². The number of benzene rings is 4. The lowest BCUT2D eigenvalue weighted by molar-refractivity contribution is -0.139. The van der Waals surface area contributed by atoms with Crippen molar-refractivity contribution in [1.82, 2.24) is 39.5 Å². The Hall–Kier alpha value is -5.98. The molecule has 0 spiro atoms. The summed E-state index contributed by atoms with van der Waals surface area (Å²) in [7, 11) is 0. The average Bonchev–Trinajstić information content (AvgIpc) is 4.15. The molecule has 12 heteroatoms. The van der Waals surface area contributed by atoms with Gasteiger partial charge in [0.15, 0.2) is 0 Å². The van der Waals surface area contributed by atoms with Gasteiger partial charge in [0.1, 0.15) is 36.1 Å². The number of hydrogen-bond donors (Lipinski definition) is 2. The molecule has 4 heterocycles. The molecule has 0 unspecified atom stereocenters. The third kappa shape index (κ3) is 8.71. The third-order valence-electron chi connectivity index (χ3n) is 12.7. The van der Waals surface area contributed by atoms with Gasteiger partial charge in [-0.25, -0.2) is 18.7 Å². The number of likely N-dealkylation sites (N-methyl/N-ethyl adjacent to an activating group) is 2. The second kappa shape index (κ2) is 19.0. The number of nitrogens with zero attached hydrogens (tertiary/aromatic N) is 6. The predicted molar refractivity (Wildman–Crippen MR) is 239 cm³/mol. The number of rotatable bonds is 15. The average molecular weight is 839 g/mol. The van der Waals surface area contributed by atoms with E-state index in [1.165, 1.54) is 0 Å². The Morgan fingerprint density at radius 3 is 1.24 bits per heavy atom. The first-order valence-corrected chi connectivity index (χ1v) is 22.0. The summed E-state index contributed by atoms with van der Waals surface area (Å²) in [4.78, 5) is 52.2. The fourth-order valence-electron chi connectivity index (χ4n) is 9.35. The van der Waals surface area contributed by atoms with Crippen LogP contribution in [-0.4, -0.2) is 103 Å². The summed E-state index contributed by atoms with van der Waals surface area (Å²) in [6.45, 7) is 11.0. The molecule has 2 amide bonds. The van der Waals surface area contributed by atoms with E-state index >= 15 is 8.78 Å². The van der Waals surface area contributed by atoms with E-state index in [9.17, 15) is 9.59 Å². The second-order valence-corrected chi connectivity index (χ2v) is 16.3. The number of nitrogens with one attached hydrogen (secondary N) is 2. The largest absolute Gasteiger partial charge is 0.340 e. The number of alkyl halides is 2. The number of imidazole rings is 2. The van der Waals surface area contributed by atoms with E-state index in [0.717, 1.165) is 44.8 Å². The maximum Gasteiger partial charge on any atom is 0.245 e. The highest BCUT2D eigenvalue weighted by Crippen LogP contribution is 2.39. The predicted octanol–water partition coefficient (Wildman–Crippen LogP) is 9.52. The van der Waals surface area contributed by atoms with Crippen LogP contribution in [0.3, 0.4) is 0 Å². The number of halogens is 2. The zero-order valence-corrected chi connectivity index (χ0v) is 35.9. The first-order valence-electron chi connectivity index (χ1n) is 22.0. The van der Waals surface area contributed by atoms with Crippen LogP contribution in [0.1, 0.15) is 87.5 Å². The highest BCUT2D eigenvalue weighted by Gasteiger charge is 2.43. The van der Waals surface area contributed by atoms with Crippen LogP contribution < -0.4 is 0 Å². The normalized spacial score (nSPS) is 20.0. The van der Waals surface area contributed by atoms with Gasteiger partial charge in [0.2, 0.25) is 11.8 Å². The van der Waals surface area contributed by atoms with Crippen molar-refractivity contribution >= 4 is 11.8 Å². The molecule has 2 saturated heterocycles. The van der Waals surface area contributed by atoms with E-state index in [-0.39, 0.29) is 37.7 Å². The summed E-state index contributed by atoms with van der Waals surface area (Å²) in [5.41, 5.74) is 7.28. The molecule has 0 bridgehead atoms. The van der Waals surface area contributed by atoms with Gasteiger partial charge < -0.3 is 19.8 Å². The Labute approximate surface area is 363 Å². The molecule has 6 atom stereocenters. The number of H-pyrrole nitrogens is 2. The summed E-state index contributed by atoms with van der Waals surface area (Å²) in [5, 5.41) is 0. The number of likely N-dealkylation sites (tertiary alicyclic amines) is 2. The van der Waals surface area contributed by atoms with E-state index in [0.29, 0.717) is 37.8 Å². The van der Waals surface area contributed by atoms with Crippen molar-refractivity contribution in [2.45, 2.75) is 77.0 Å². The molecule has 2 aliphatic rings. The number of aromatic amines is 2. The number of carbonyl (C=O) groups is 2. The Morgan fingerprint density at radius 2 is 0.903 bits per heavy atom. The summed E-state index contributed by atoms with van der Waals surface area (Å²) < 4.78 is 30.2. The molecule has 2 N–H and O–H groups in total. The Morgan fingerprint density at radius 1 is 0.565 bits per heavy atom. The van der Waals surface area contributed by atoms with Gasteiger partial charge in [-0.3, -0.25) is 19.4 Å². The van der Waals surface area contributed by atoms with Crippen molar-refractivity contribution in [2.24, 2.45) is 0 Å². The van der Waals surface area contributed by atoms with Gasteiger partial charge >= 0.3 is 0 Å². The Balaban J connectivity index is 0.952. The van der Waals surface area contributed by atoms with E-state index < -0.39 is 36.5 Å². The quantitative estimate of drug-likeness (QED) is 0.107. The van der Waals surface area contributed by atoms with Crippen LogP contribution in [0.25, 0.3) is 33.6 Å². The summed E-state index contributed by atoms with van der Waals surface area (Å²) in [6.07, 6.45) is 1.62. The van der Waals surface area contributed by atoms with Crippen LogP contribution in [0.5, 0.6) is 0 Å². The van der Waals surface area contributed by atoms with E-state index in [1.807, 2.05) is 113 Å². The summed E-state index contributed by atoms with van der Waals surface area (Å²) >= 11 is 0. The molecule has 322 valence electrons. The van der Waals surface area contributed by atoms with Crippen molar-refractivity contribution in [2.75, 3.05) is 39.3 Å². The lowest BCUT2D eigenvalue weighted by Gasteiger charge is -2.34. The van der Waals surface area contributed by atoms with Crippen LogP contribution in [0.15, 0.2) is 122 Å². The number of carbonyl (C=O) groups excluding carboxylic acids is 2. The van der Waals surface area contributed by atoms with E-state index in [1.54, 1.807) is 22.2 Å². The highest BCUT2D eigenvalue weighted by molar-refractivity contribution is 5.85. The topological polar surface area (TPSA) is 104 Å². The molecule has 8 rings (SSSR count). The molecule has 2 aliphatic heterocycles. The van der Waals surface area contributed by atoms with Crippen LogP contribution in [0, 0.1) is 0 Å². The SMILES string of the molecule is CCN(CC)[C@@H](C(=O)N1C[C@H](F)C[C@H]1c1ncc(-c2ccc(-c3ccc(-c4cnc([C@@H]5C[C@@H](F)CN5C(=O)[C@@H](c5ccccc5)N(CC)CC)[nH]4)cc3)cc2)[nH]1)c1ccccc1. The minimum Gasteiger partial charge on any atom is -0.340 e. The van der Waals surface area contributed by atoms with Crippen molar-refractivity contribution < 1.29 is 18.4 Å². The number of amides is 2. The van der Waals surface area contributed by atoms with Gasteiger partial charge in [0.25, 0.3) is 0 Å². The maximum atomic E-state index is 15.1. The molecule has 0 saturated carbocycles. The highest BCUT2D eigenvalue weighted by atomic mass is 19.1. The van der Waals surface area contributed by atoms with Gasteiger partial charge in [-0.2, -0.15) is 0 Å². The second-order valence-electron chi connectivity index (χ2n) is 16.3. The van der Waals surface area contributed by atoms with Crippen LogP contribution in [0.2, 0.25) is 0 Å². The lowest BCUT2D eigenvalue weighted by atomic mass is 10.0. The lowest BCUT2D eigenvalue weighted by Crippen LogP contribution is -2.43. The summed E-state index contributed by atoms with van der Waals surface area (Å²) in [5.74, 6) is 0.928. The van der Waals surface area contributed by atoms with Gasteiger partial charge in [0, 0.05) is 12.8 Å². The molecule has 62 heavy (non-hydrogen) atoms. The third-order valence-corrected chi connectivity index (χ3v) is 12.7. The van der Waals surface area contributed by atoms with Gasteiger partial charge in [-0.05, 0) is 59.6 Å². The molecular weight excluding hydrogens is 783 g/mol. The monoisotopic (exact) mass is 838 g/mol. The van der Waals surface area contributed by atoms with Crippen molar-refractivity contribution in [3.8, 4) is 33.6 Å². The molecule has 10 nitrogen and oxygen atoms in total. The fourth-order valence-corrected chi connectivity index (χ4v) is 9.35. The molecule has 2 aromatic heterocycles. The van der Waals surface area contributed by atoms with Gasteiger partial charge in [-0.1, -0.05) is 137 Å². The van der Waals surface area contributed by atoms with E-state index in [4.69, 9.17) is 0 Å². The molecular formula is C50H56F2N8O2. The first-order chi connectivity index (χ1) is 30.2. The minimum atomic E-state index is -1.14. The zero-order chi connectivity index (χ0) is 43.3. The first kappa shape index (κ1) is 42.7. The van der Waals surface area contributed by atoms with Crippen LogP contribution in [0.4, 0.5) is 8.78 Å². The fraction of sp³-hybridized carbons (Fsp3) is 0.360.